The van der Waals surface area contributed by atoms with Gasteiger partial charge in [-0.1, -0.05) is 0 Å². The molecule has 1 heterocycles. The fraction of sp³-hybridized carbons (Fsp3) is 0.375. The first-order valence-electron chi connectivity index (χ1n) is 9.69. The van der Waals surface area contributed by atoms with Crippen LogP contribution in [0.5, 0.6) is 0 Å². The summed E-state index contributed by atoms with van der Waals surface area (Å²) in [5, 5.41) is 2.64. The molecule has 0 N–H and O–H groups in total. The van der Waals surface area contributed by atoms with Crippen molar-refractivity contribution in [2.45, 2.75) is 44.5 Å². The van der Waals surface area contributed by atoms with Crippen LogP contribution in [0.15, 0.2) is 48.7 Å². The second-order valence-corrected chi connectivity index (χ2v) is 19.6. The van der Waals surface area contributed by atoms with E-state index in [1.807, 2.05) is 0 Å². The number of aryl methyl sites for hydroxylation is 2. The fourth-order valence-electron chi connectivity index (χ4n) is 3.87. The van der Waals surface area contributed by atoms with E-state index in [0.29, 0.717) is 5.92 Å². The van der Waals surface area contributed by atoms with Crippen LogP contribution in [0.4, 0.5) is 0 Å². The first kappa shape index (κ1) is 19.2. The topological polar surface area (TPSA) is 3.88 Å². The molecule has 3 rings (SSSR count). The minimum absolute atomic E-state index is 0.678. The summed E-state index contributed by atoms with van der Waals surface area (Å²) in [6.07, 6.45) is 3.60. The van der Waals surface area contributed by atoms with Crippen LogP contribution < -0.4 is 8.96 Å². The number of fused-ring (bicyclic) bond motifs is 1. The quantitative estimate of drug-likeness (QED) is 0.404. The van der Waals surface area contributed by atoms with Gasteiger partial charge >= 0.3 is 161 Å². The number of aromatic nitrogens is 1. The van der Waals surface area contributed by atoms with Gasteiger partial charge in [0.25, 0.3) is 0 Å². The molecule has 1 aromatic heterocycles. The second-order valence-electron chi connectivity index (χ2n) is 9.07. The van der Waals surface area contributed by atoms with E-state index in [-0.39, 0.29) is 0 Å². The average molecular weight is 407 g/mol. The van der Waals surface area contributed by atoms with Gasteiger partial charge in [-0.05, 0) is 0 Å². The summed E-state index contributed by atoms with van der Waals surface area (Å²) in [5.41, 5.74) is 5.59. The van der Waals surface area contributed by atoms with Gasteiger partial charge in [0.1, 0.15) is 0 Å². The molecule has 0 unspecified atom stereocenters. The van der Waals surface area contributed by atoms with E-state index in [1.54, 1.807) is 9.96 Å². The van der Waals surface area contributed by atoms with E-state index >= 15 is 0 Å². The standard InChI is InChI=1S/C24H32GeN/c1-17(2)12-21-15-24(26(7)16-23(21)25(4,5)6)22-14-20-11-9-8-10-19(20)13-18(22)3/h8-11,13-17H,12H2,1-7H3/q+1. The molecule has 0 spiro atoms. The predicted molar refractivity (Wildman–Crippen MR) is 117 cm³/mol. The van der Waals surface area contributed by atoms with Crippen LogP contribution in [0.3, 0.4) is 0 Å². The molecule has 0 saturated carbocycles. The monoisotopic (exact) mass is 408 g/mol. The molecule has 2 aromatic carbocycles. The van der Waals surface area contributed by atoms with Crippen molar-refractivity contribution in [1.29, 1.82) is 0 Å². The zero-order chi connectivity index (χ0) is 19.1. The molecule has 3 aromatic rings. The zero-order valence-electron chi connectivity index (χ0n) is 17.4. The van der Waals surface area contributed by atoms with Crippen molar-refractivity contribution in [3.05, 3.63) is 59.8 Å². The van der Waals surface area contributed by atoms with Crippen LogP contribution >= 0.6 is 0 Å². The third-order valence-corrected chi connectivity index (χ3v) is 9.50. The van der Waals surface area contributed by atoms with Crippen molar-refractivity contribution < 1.29 is 4.57 Å². The van der Waals surface area contributed by atoms with Crippen LogP contribution in [-0.2, 0) is 13.5 Å². The van der Waals surface area contributed by atoms with Gasteiger partial charge < -0.3 is 0 Å². The van der Waals surface area contributed by atoms with Gasteiger partial charge in [-0.15, -0.1) is 0 Å². The van der Waals surface area contributed by atoms with E-state index in [2.05, 4.69) is 98.3 Å². The molecule has 0 aliphatic rings. The first-order chi connectivity index (χ1) is 12.2. The molecular weight excluding hydrogens is 375 g/mol. The van der Waals surface area contributed by atoms with Crippen molar-refractivity contribution in [2.75, 3.05) is 0 Å². The van der Waals surface area contributed by atoms with Crippen LogP contribution in [-0.4, -0.2) is 13.3 Å². The van der Waals surface area contributed by atoms with E-state index in [4.69, 9.17) is 0 Å². The molecule has 0 aliphatic carbocycles. The summed E-state index contributed by atoms with van der Waals surface area (Å²) < 4.78 is 4.00. The SMILES string of the molecule is Cc1cc2ccccc2cc1-c1cc(CC(C)C)[c]([Ge]([CH3])([CH3])[CH3])c[n+]1C. The Morgan fingerprint density at radius 1 is 0.962 bits per heavy atom. The van der Waals surface area contributed by atoms with E-state index in [1.165, 1.54) is 34.0 Å². The molecular formula is C24H32GeN+. The molecule has 1 nitrogen and oxygen atoms in total. The number of rotatable bonds is 4. The molecule has 2 heteroatoms. The molecule has 0 aliphatic heterocycles. The normalized spacial score (nSPS) is 12.2. The Kier molecular flexibility index (Phi) is 5.30. The van der Waals surface area contributed by atoms with Crippen molar-refractivity contribution in [3.63, 3.8) is 0 Å². The van der Waals surface area contributed by atoms with Crippen molar-refractivity contribution >= 4 is 28.4 Å². The number of benzene rings is 2. The summed E-state index contributed by atoms with van der Waals surface area (Å²) in [7, 11) is 2.21. The Bertz CT molecular complexity index is 948. The Balaban J connectivity index is 2.23. The minimum atomic E-state index is -1.91. The number of nitrogens with zero attached hydrogens (tertiary/aromatic N) is 1. The number of pyridine rings is 1. The van der Waals surface area contributed by atoms with Gasteiger partial charge in [0.05, 0.1) is 0 Å². The van der Waals surface area contributed by atoms with Gasteiger partial charge in [-0.25, -0.2) is 0 Å². The molecule has 0 amide bonds. The summed E-state index contributed by atoms with van der Waals surface area (Å²) in [6.45, 7) is 6.89. The Morgan fingerprint density at radius 3 is 2.15 bits per heavy atom. The fourth-order valence-corrected chi connectivity index (χ4v) is 7.48. The van der Waals surface area contributed by atoms with Crippen LogP contribution in [0.1, 0.15) is 25.0 Å². The van der Waals surface area contributed by atoms with Gasteiger partial charge in [0.2, 0.25) is 0 Å². The zero-order valence-corrected chi connectivity index (χ0v) is 19.4. The third kappa shape index (κ3) is 3.88. The molecule has 0 fully saturated rings. The van der Waals surface area contributed by atoms with Crippen LogP contribution in [0.25, 0.3) is 22.0 Å². The molecule has 136 valence electrons. The second kappa shape index (κ2) is 7.19. The van der Waals surface area contributed by atoms with E-state index in [0.717, 1.165) is 0 Å². The Labute approximate surface area is 161 Å². The molecule has 0 bridgehead atoms. The summed E-state index contributed by atoms with van der Waals surface area (Å²) in [5.74, 6) is 8.18. The van der Waals surface area contributed by atoms with Crippen molar-refractivity contribution in [3.8, 4) is 11.3 Å². The maximum atomic E-state index is 2.50. The Hall–Kier alpha value is -1.61. The van der Waals surface area contributed by atoms with Gasteiger partial charge in [-0.3, -0.25) is 0 Å². The maximum absolute atomic E-state index is 2.50. The first-order valence-corrected chi connectivity index (χ1v) is 17.0. The summed E-state index contributed by atoms with van der Waals surface area (Å²) in [6, 6.07) is 15.8. The third-order valence-electron chi connectivity index (χ3n) is 5.16. The van der Waals surface area contributed by atoms with Crippen LogP contribution in [0.2, 0.25) is 17.3 Å². The molecule has 0 saturated heterocycles. The predicted octanol–water partition coefficient (Wildman–Crippen LogP) is 5.38. The van der Waals surface area contributed by atoms with E-state index in [9.17, 15) is 0 Å². The number of hydrogen-bond donors (Lipinski definition) is 0. The summed E-state index contributed by atoms with van der Waals surface area (Å²) >= 11 is -1.91. The molecule has 0 atom stereocenters. The molecule has 0 radical (unpaired) electrons. The average Bonchev–Trinajstić information content (AvgIpc) is 2.54. The summed E-state index contributed by atoms with van der Waals surface area (Å²) in [4.78, 5) is 0. The Morgan fingerprint density at radius 2 is 1.58 bits per heavy atom. The van der Waals surface area contributed by atoms with E-state index < -0.39 is 13.3 Å². The van der Waals surface area contributed by atoms with Crippen LogP contribution in [0, 0.1) is 12.8 Å². The number of hydrogen-bond acceptors (Lipinski definition) is 0. The van der Waals surface area contributed by atoms with Crippen molar-refractivity contribution in [1.82, 2.24) is 0 Å². The van der Waals surface area contributed by atoms with Gasteiger partial charge in [-0.2, -0.15) is 0 Å². The van der Waals surface area contributed by atoms with Gasteiger partial charge in [0.15, 0.2) is 0 Å². The van der Waals surface area contributed by atoms with Crippen molar-refractivity contribution in [2.24, 2.45) is 13.0 Å². The van der Waals surface area contributed by atoms with Gasteiger partial charge in [0, 0.05) is 0 Å². The molecule has 26 heavy (non-hydrogen) atoms.